The zero-order valence-electron chi connectivity index (χ0n) is 9.19. The minimum absolute atomic E-state index is 0.0124. The minimum atomic E-state index is -2.89. The second-order valence-electron chi connectivity index (χ2n) is 3.36. The molecule has 1 unspecified atom stereocenters. The normalized spacial score (nSPS) is 11.9. The lowest BCUT2D eigenvalue weighted by molar-refractivity contribution is -0.0498. The van der Waals surface area contributed by atoms with Gasteiger partial charge in [-0.1, -0.05) is 6.92 Å². The first-order chi connectivity index (χ1) is 8.08. The van der Waals surface area contributed by atoms with Crippen LogP contribution in [0.5, 0.6) is 5.75 Å². The second-order valence-corrected chi connectivity index (χ2v) is 3.36. The molecule has 0 heterocycles. The third-order valence-corrected chi connectivity index (χ3v) is 2.24. The molecular weight excluding hydrogens is 228 g/mol. The predicted molar refractivity (Wildman–Crippen MR) is 56.8 cm³/mol. The van der Waals surface area contributed by atoms with E-state index in [1.165, 1.54) is 24.3 Å². The van der Waals surface area contributed by atoms with Gasteiger partial charge in [-0.25, -0.2) is 0 Å². The Bertz CT molecular complexity index is 423. The fourth-order valence-corrected chi connectivity index (χ4v) is 1.34. The van der Waals surface area contributed by atoms with Crippen LogP contribution in [0.4, 0.5) is 8.78 Å². The van der Waals surface area contributed by atoms with Gasteiger partial charge in [-0.05, 0) is 30.7 Å². The molecule has 0 saturated carbocycles. The number of Topliss-reactive ketones (excluding diaryl/α,β-unsaturated/α-hetero) is 1. The Labute approximate surface area is 97.6 Å². The van der Waals surface area contributed by atoms with E-state index >= 15 is 0 Å². The zero-order valence-corrected chi connectivity index (χ0v) is 9.19. The van der Waals surface area contributed by atoms with E-state index in [2.05, 4.69) is 4.74 Å². The molecule has 1 aromatic carbocycles. The quantitative estimate of drug-likeness (QED) is 0.742. The first kappa shape index (κ1) is 13.1. The molecule has 0 N–H and O–H groups in total. The smallest absolute Gasteiger partial charge is 0.387 e. The van der Waals surface area contributed by atoms with Crippen molar-refractivity contribution in [2.75, 3.05) is 0 Å². The van der Waals surface area contributed by atoms with Crippen LogP contribution in [0.2, 0.25) is 0 Å². The first-order valence-corrected chi connectivity index (χ1v) is 5.07. The van der Waals surface area contributed by atoms with Crippen LogP contribution in [-0.2, 0) is 0 Å². The maximum absolute atomic E-state index is 11.9. The van der Waals surface area contributed by atoms with E-state index in [-0.39, 0.29) is 11.5 Å². The molecule has 0 saturated heterocycles. The number of alkyl halides is 2. The Morgan fingerprint density at radius 1 is 1.41 bits per heavy atom. The van der Waals surface area contributed by atoms with Crippen molar-refractivity contribution in [2.45, 2.75) is 20.0 Å². The fraction of sp³-hybridized carbons (Fsp3) is 0.333. The molecule has 1 atom stereocenters. The number of ether oxygens (including phenoxy) is 1. The third kappa shape index (κ3) is 3.52. The highest BCUT2D eigenvalue weighted by Gasteiger charge is 2.17. The number of benzene rings is 1. The van der Waals surface area contributed by atoms with Crippen LogP contribution in [-0.4, -0.2) is 12.4 Å². The van der Waals surface area contributed by atoms with E-state index in [9.17, 15) is 13.6 Å². The minimum Gasteiger partial charge on any atom is -0.435 e. The van der Waals surface area contributed by atoms with Gasteiger partial charge >= 0.3 is 6.61 Å². The van der Waals surface area contributed by atoms with Crippen LogP contribution in [0, 0.1) is 17.2 Å². The molecule has 0 aliphatic heterocycles. The van der Waals surface area contributed by atoms with Gasteiger partial charge in [0.2, 0.25) is 0 Å². The van der Waals surface area contributed by atoms with Crippen LogP contribution >= 0.6 is 0 Å². The molecule has 3 nitrogen and oxygen atoms in total. The van der Waals surface area contributed by atoms with E-state index in [0.29, 0.717) is 12.0 Å². The van der Waals surface area contributed by atoms with E-state index < -0.39 is 12.5 Å². The van der Waals surface area contributed by atoms with E-state index in [1.807, 2.05) is 6.07 Å². The number of hydrogen-bond acceptors (Lipinski definition) is 3. The molecule has 1 rings (SSSR count). The molecule has 0 aliphatic rings. The topological polar surface area (TPSA) is 50.1 Å². The average molecular weight is 239 g/mol. The maximum Gasteiger partial charge on any atom is 0.387 e. The van der Waals surface area contributed by atoms with Crippen molar-refractivity contribution < 1.29 is 18.3 Å². The summed E-state index contributed by atoms with van der Waals surface area (Å²) in [7, 11) is 0. The largest absolute Gasteiger partial charge is 0.435 e. The number of nitriles is 1. The summed E-state index contributed by atoms with van der Waals surface area (Å²) in [4.78, 5) is 11.7. The first-order valence-electron chi connectivity index (χ1n) is 5.07. The van der Waals surface area contributed by atoms with Gasteiger partial charge in [0, 0.05) is 5.56 Å². The highest BCUT2D eigenvalue weighted by molar-refractivity contribution is 5.99. The van der Waals surface area contributed by atoms with Crippen molar-refractivity contribution in [2.24, 2.45) is 5.92 Å². The number of hydrogen-bond donors (Lipinski definition) is 0. The summed E-state index contributed by atoms with van der Waals surface area (Å²) in [5.41, 5.74) is 0.319. The van der Waals surface area contributed by atoms with Gasteiger partial charge in [-0.2, -0.15) is 14.0 Å². The Morgan fingerprint density at radius 3 is 2.41 bits per heavy atom. The molecule has 0 radical (unpaired) electrons. The Morgan fingerprint density at radius 2 is 2.00 bits per heavy atom. The fourth-order valence-electron chi connectivity index (χ4n) is 1.34. The summed E-state index contributed by atoms with van der Waals surface area (Å²) < 4.78 is 27.9. The molecule has 1 aromatic rings. The number of ketones is 1. The van der Waals surface area contributed by atoms with Gasteiger partial charge in [0.05, 0.1) is 6.07 Å². The maximum atomic E-state index is 11.9. The standard InChI is InChI=1S/C12H11F2NO2/c1-2-8(7-15)11(16)9-3-5-10(6-4-9)17-12(13)14/h3-6,8,12H,2H2,1H3. The summed E-state index contributed by atoms with van der Waals surface area (Å²) in [5, 5.41) is 8.74. The number of nitrogens with zero attached hydrogens (tertiary/aromatic N) is 1. The Kier molecular flexibility index (Phi) is 4.58. The van der Waals surface area contributed by atoms with Gasteiger partial charge in [0.25, 0.3) is 0 Å². The molecule has 0 aliphatic carbocycles. The molecule has 0 spiro atoms. The summed E-state index contributed by atoms with van der Waals surface area (Å²) in [5.74, 6) is -1.02. The average Bonchev–Trinajstić information content (AvgIpc) is 2.30. The van der Waals surface area contributed by atoms with Crippen molar-refractivity contribution in [1.29, 1.82) is 5.26 Å². The summed E-state index contributed by atoms with van der Waals surface area (Å²) in [6, 6.07) is 7.21. The second kappa shape index (κ2) is 5.94. The lowest BCUT2D eigenvalue weighted by Gasteiger charge is -2.07. The number of carbonyl (C=O) groups excluding carboxylic acids is 1. The van der Waals surface area contributed by atoms with Gasteiger partial charge in [-0.15, -0.1) is 0 Å². The van der Waals surface area contributed by atoms with Gasteiger partial charge < -0.3 is 4.74 Å². The van der Waals surface area contributed by atoms with Gasteiger partial charge in [0.15, 0.2) is 5.78 Å². The van der Waals surface area contributed by atoms with Crippen LogP contribution in [0.3, 0.4) is 0 Å². The molecule has 0 aromatic heterocycles. The SMILES string of the molecule is CCC(C#N)C(=O)c1ccc(OC(F)F)cc1. The van der Waals surface area contributed by atoms with Crippen molar-refractivity contribution in [3.8, 4) is 11.8 Å². The number of halogens is 2. The molecule has 5 heteroatoms. The number of carbonyl (C=O) groups is 1. The van der Waals surface area contributed by atoms with E-state index in [4.69, 9.17) is 5.26 Å². The van der Waals surface area contributed by atoms with Gasteiger partial charge in [0.1, 0.15) is 11.7 Å². The summed E-state index contributed by atoms with van der Waals surface area (Å²) in [6.07, 6.45) is 0.421. The monoisotopic (exact) mass is 239 g/mol. The zero-order chi connectivity index (χ0) is 12.8. The molecule has 90 valence electrons. The van der Waals surface area contributed by atoms with E-state index in [1.54, 1.807) is 6.92 Å². The van der Waals surface area contributed by atoms with Crippen LogP contribution in [0.25, 0.3) is 0 Å². The highest BCUT2D eigenvalue weighted by atomic mass is 19.3. The number of rotatable bonds is 5. The van der Waals surface area contributed by atoms with Crippen molar-refractivity contribution in [3.63, 3.8) is 0 Å². The summed E-state index contributed by atoms with van der Waals surface area (Å²) >= 11 is 0. The Balaban J connectivity index is 2.81. The third-order valence-electron chi connectivity index (χ3n) is 2.24. The van der Waals surface area contributed by atoms with Crippen molar-refractivity contribution >= 4 is 5.78 Å². The molecular formula is C12H11F2NO2. The van der Waals surface area contributed by atoms with Gasteiger partial charge in [-0.3, -0.25) is 4.79 Å². The summed E-state index contributed by atoms with van der Waals surface area (Å²) in [6.45, 7) is -1.15. The van der Waals surface area contributed by atoms with Crippen LogP contribution < -0.4 is 4.74 Å². The molecule has 17 heavy (non-hydrogen) atoms. The van der Waals surface area contributed by atoms with Crippen LogP contribution in [0.15, 0.2) is 24.3 Å². The van der Waals surface area contributed by atoms with Crippen molar-refractivity contribution in [3.05, 3.63) is 29.8 Å². The predicted octanol–water partition coefficient (Wildman–Crippen LogP) is 3.02. The highest BCUT2D eigenvalue weighted by Crippen LogP contribution is 2.18. The lowest BCUT2D eigenvalue weighted by atomic mass is 9.97. The van der Waals surface area contributed by atoms with Crippen LogP contribution in [0.1, 0.15) is 23.7 Å². The lowest BCUT2D eigenvalue weighted by Crippen LogP contribution is -2.11. The molecule has 0 amide bonds. The molecule has 0 fully saturated rings. The Hall–Kier alpha value is -1.96. The van der Waals surface area contributed by atoms with E-state index in [0.717, 1.165) is 0 Å². The molecule has 0 bridgehead atoms. The van der Waals surface area contributed by atoms with Crippen molar-refractivity contribution in [1.82, 2.24) is 0 Å².